The van der Waals surface area contributed by atoms with Crippen molar-refractivity contribution in [2.45, 2.75) is 31.7 Å². The van der Waals surface area contributed by atoms with Crippen LogP contribution in [-0.2, 0) is 16.7 Å². The van der Waals surface area contributed by atoms with Crippen LogP contribution in [0.4, 0.5) is 13.2 Å². The first kappa shape index (κ1) is 18.5. The minimum absolute atomic E-state index is 0.00140. The molecule has 1 aromatic carbocycles. The predicted octanol–water partition coefficient (Wildman–Crippen LogP) is 3.26. The normalized spacial score (nSPS) is 22.5. The van der Waals surface area contributed by atoms with Crippen molar-refractivity contribution in [2.24, 2.45) is 16.1 Å². The SMILES string of the molecule is C[C@]1(c2cc(CC(=O)c3ncc(F)cc3F)ccc2F)N=C(N)OCC12CC2. The van der Waals surface area contributed by atoms with Crippen molar-refractivity contribution < 1.29 is 22.7 Å². The topological polar surface area (TPSA) is 77.6 Å². The monoisotopic (exact) mass is 389 g/mol. The molecular formula is C20H18F3N3O2. The summed E-state index contributed by atoms with van der Waals surface area (Å²) >= 11 is 0. The summed E-state index contributed by atoms with van der Waals surface area (Å²) < 4.78 is 46.9. The van der Waals surface area contributed by atoms with Crippen molar-refractivity contribution in [1.82, 2.24) is 4.98 Å². The van der Waals surface area contributed by atoms with Crippen LogP contribution in [0.1, 0.15) is 41.4 Å². The number of amidine groups is 1. The van der Waals surface area contributed by atoms with Gasteiger partial charge in [-0.3, -0.25) is 4.79 Å². The quantitative estimate of drug-likeness (QED) is 0.815. The molecule has 5 nitrogen and oxygen atoms in total. The van der Waals surface area contributed by atoms with E-state index >= 15 is 0 Å². The van der Waals surface area contributed by atoms with Gasteiger partial charge in [0.25, 0.3) is 6.02 Å². The molecule has 146 valence electrons. The molecule has 2 N–H and O–H groups in total. The smallest absolute Gasteiger partial charge is 0.282 e. The summed E-state index contributed by atoms with van der Waals surface area (Å²) in [6, 6.07) is 4.87. The summed E-state index contributed by atoms with van der Waals surface area (Å²) in [5.74, 6) is -2.99. The Morgan fingerprint density at radius 3 is 2.64 bits per heavy atom. The van der Waals surface area contributed by atoms with E-state index in [1.165, 1.54) is 12.1 Å². The second-order valence-corrected chi connectivity index (χ2v) is 7.49. The number of aromatic nitrogens is 1. The molecule has 1 aliphatic carbocycles. The highest BCUT2D eigenvalue weighted by Crippen LogP contribution is 2.62. The van der Waals surface area contributed by atoms with Gasteiger partial charge in [0.2, 0.25) is 0 Å². The number of hydrogen-bond donors (Lipinski definition) is 1. The maximum absolute atomic E-state index is 14.7. The van der Waals surface area contributed by atoms with Crippen LogP contribution in [-0.4, -0.2) is 23.4 Å². The van der Waals surface area contributed by atoms with Crippen molar-refractivity contribution >= 4 is 11.8 Å². The Bertz CT molecular complexity index is 1000. The van der Waals surface area contributed by atoms with Gasteiger partial charge in [-0.25, -0.2) is 23.1 Å². The zero-order valence-electron chi connectivity index (χ0n) is 15.1. The molecule has 28 heavy (non-hydrogen) atoms. The highest BCUT2D eigenvalue weighted by atomic mass is 19.1. The summed E-state index contributed by atoms with van der Waals surface area (Å²) in [5.41, 5.74) is 4.83. The molecule has 1 saturated carbocycles. The van der Waals surface area contributed by atoms with Gasteiger partial charge in [-0.1, -0.05) is 6.07 Å². The van der Waals surface area contributed by atoms with Gasteiger partial charge in [0.1, 0.15) is 17.3 Å². The lowest BCUT2D eigenvalue weighted by Crippen LogP contribution is -2.43. The first-order valence-electron chi connectivity index (χ1n) is 8.85. The lowest BCUT2D eigenvalue weighted by molar-refractivity contribution is 0.0982. The van der Waals surface area contributed by atoms with E-state index in [1.807, 2.05) is 0 Å². The second-order valence-electron chi connectivity index (χ2n) is 7.49. The number of rotatable bonds is 4. The van der Waals surface area contributed by atoms with Gasteiger partial charge in [0.15, 0.2) is 11.6 Å². The molecule has 1 aromatic heterocycles. The fraction of sp³-hybridized carbons (Fsp3) is 0.350. The van der Waals surface area contributed by atoms with Gasteiger partial charge in [-0.2, -0.15) is 0 Å². The molecule has 8 heteroatoms. The number of hydrogen-bond acceptors (Lipinski definition) is 5. The fourth-order valence-electron chi connectivity index (χ4n) is 3.80. The molecule has 1 spiro atoms. The van der Waals surface area contributed by atoms with Gasteiger partial charge in [-0.05, 0) is 37.5 Å². The number of halogens is 3. The third-order valence-corrected chi connectivity index (χ3v) is 5.71. The highest BCUT2D eigenvalue weighted by Gasteiger charge is 2.61. The molecule has 4 rings (SSSR count). The number of nitrogens with zero attached hydrogens (tertiary/aromatic N) is 2. The number of pyridine rings is 1. The molecule has 1 aliphatic heterocycles. The summed E-state index contributed by atoms with van der Waals surface area (Å²) in [6.45, 7) is 2.16. The Morgan fingerprint density at radius 2 is 1.96 bits per heavy atom. The van der Waals surface area contributed by atoms with Crippen molar-refractivity contribution in [3.05, 3.63) is 64.7 Å². The maximum atomic E-state index is 14.7. The van der Waals surface area contributed by atoms with E-state index in [-0.39, 0.29) is 17.9 Å². The zero-order valence-corrected chi connectivity index (χ0v) is 15.1. The van der Waals surface area contributed by atoms with Gasteiger partial charge in [0, 0.05) is 23.5 Å². The number of nitrogens with two attached hydrogens (primary N) is 1. The van der Waals surface area contributed by atoms with Crippen LogP contribution in [0.15, 0.2) is 35.5 Å². The zero-order chi connectivity index (χ0) is 20.1. The fourth-order valence-corrected chi connectivity index (χ4v) is 3.80. The Hall–Kier alpha value is -2.90. The third kappa shape index (κ3) is 2.93. The lowest BCUT2D eigenvalue weighted by Gasteiger charge is -2.38. The number of ether oxygens (including phenoxy) is 1. The van der Waals surface area contributed by atoms with Crippen LogP contribution in [0.5, 0.6) is 0 Å². The molecule has 2 aromatic rings. The van der Waals surface area contributed by atoms with E-state index < -0.39 is 34.5 Å². The number of aliphatic imine (C=N–C) groups is 1. The Kier molecular flexibility index (Phi) is 4.17. The number of carbonyl (C=O) groups excluding carboxylic acids is 1. The molecule has 2 heterocycles. The largest absolute Gasteiger partial charge is 0.465 e. The minimum Gasteiger partial charge on any atom is -0.465 e. The first-order chi connectivity index (χ1) is 13.2. The molecule has 0 amide bonds. The van der Waals surface area contributed by atoms with Crippen LogP contribution < -0.4 is 5.73 Å². The molecule has 0 unspecified atom stereocenters. The van der Waals surface area contributed by atoms with Crippen LogP contribution in [0.3, 0.4) is 0 Å². The van der Waals surface area contributed by atoms with Crippen LogP contribution in [0.25, 0.3) is 0 Å². The van der Waals surface area contributed by atoms with Crippen molar-refractivity contribution in [2.75, 3.05) is 6.61 Å². The standard InChI is InChI=1S/C20H18F3N3O2/c1-19(20(4-5-20)10-28-18(24)26-19)13-6-11(2-3-14(13)22)7-16(27)17-15(23)8-12(21)9-25-17/h2-3,6,8-9H,4-5,7,10H2,1H3,(H2,24,26)/t19-/m1/s1. The summed E-state index contributed by atoms with van der Waals surface area (Å²) in [7, 11) is 0. The Balaban J connectivity index is 1.68. The molecule has 1 atom stereocenters. The highest BCUT2D eigenvalue weighted by molar-refractivity contribution is 5.96. The van der Waals surface area contributed by atoms with E-state index in [4.69, 9.17) is 10.5 Å². The summed E-state index contributed by atoms with van der Waals surface area (Å²) in [6.07, 6.45) is 2.23. The first-order valence-corrected chi connectivity index (χ1v) is 8.85. The average molecular weight is 389 g/mol. The van der Waals surface area contributed by atoms with Gasteiger partial charge in [-0.15, -0.1) is 0 Å². The predicted molar refractivity (Wildman–Crippen MR) is 95.2 cm³/mol. The van der Waals surface area contributed by atoms with Crippen LogP contribution in [0, 0.1) is 22.9 Å². The third-order valence-electron chi connectivity index (χ3n) is 5.71. The molecule has 2 aliphatic rings. The van der Waals surface area contributed by atoms with Gasteiger partial charge in [0.05, 0.1) is 18.3 Å². The minimum atomic E-state index is -1.03. The molecular weight excluding hydrogens is 371 g/mol. The summed E-state index contributed by atoms with van der Waals surface area (Å²) in [4.78, 5) is 20.3. The van der Waals surface area contributed by atoms with E-state index in [9.17, 15) is 18.0 Å². The molecule has 0 bridgehead atoms. The molecule has 0 radical (unpaired) electrons. The molecule has 0 saturated heterocycles. The van der Waals surface area contributed by atoms with Crippen molar-refractivity contribution in [3.63, 3.8) is 0 Å². The number of ketones is 1. The van der Waals surface area contributed by atoms with E-state index in [2.05, 4.69) is 9.98 Å². The molecule has 1 fully saturated rings. The van der Waals surface area contributed by atoms with E-state index in [1.54, 1.807) is 13.0 Å². The van der Waals surface area contributed by atoms with E-state index in [0.717, 1.165) is 19.0 Å². The Labute approximate surface area is 159 Å². The Morgan fingerprint density at radius 1 is 1.21 bits per heavy atom. The number of carbonyl (C=O) groups is 1. The average Bonchev–Trinajstić information content (AvgIpc) is 3.41. The van der Waals surface area contributed by atoms with Gasteiger partial charge < -0.3 is 10.5 Å². The van der Waals surface area contributed by atoms with Crippen molar-refractivity contribution in [3.8, 4) is 0 Å². The number of Topliss-reactive ketones (excluding diaryl/α,β-unsaturated/α-hetero) is 1. The van der Waals surface area contributed by atoms with Crippen LogP contribution in [0.2, 0.25) is 0 Å². The van der Waals surface area contributed by atoms with E-state index in [0.29, 0.717) is 23.8 Å². The van der Waals surface area contributed by atoms with Gasteiger partial charge >= 0.3 is 0 Å². The summed E-state index contributed by atoms with van der Waals surface area (Å²) in [5, 5.41) is 0. The lowest BCUT2D eigenvalue weighted by atomic mass is 9.76. The van der Waals surface area contributed by atoms with Crippen molar-refractivity contribution in [1.29, 1.82) is 0 Å². The second kappa shape index (κ2) is 6.32. The van der Waals surface area contributed by atoms with Crippen LogP contribution >= 0.6 is 0 Å². The maximum Gasteiger partial charge on any atom is 0.282 e. The number of benzene rings is 1.